The van der Waals surface area contributed by atoms with Gasteiger partial charge in [-0.3, -0.25) is 4.90 Å². The molecule has 0 radical (unpaired) electrons. The second kappa shape index (κ2) is 6.25. The molecule has 25 heavy (non-hydrogen) atoms. The molecule has 3 aliphatic rings. The highest BCUT2D eigenvalue weighted by Gasteiger charge is 2.29. The van der Waals surface area contributed by atoms with E-state index in [0.717, 1.165) is 30.6 Å². The Hall–Kier alpha value is -1.66. The SMILES string of the molecule is CN1CCN(C2CCN(c3ncnc4c3ccn4C3CC3)CC2)CC1. The molecule has 2 aromatic rings. The molecule has 0 amide bonds. The van der Waals surface area contributed by atoms with Crippen molar-refractivity contribution >= 4 is 16.9 Å². The maximum absolute atomic E-state index is 4.65. The van der Waals surface area contributed by atoms with Crippen molar-refractivity contribution in [2.75, 3.05) is 51.2 Å². The molecule has 0 N–H and O–H groups in total. The molecule has 3 fully saturated rings. The van der Waals surface area contributed by atoms with Gasteiger partial charge in [-0.1, -0.05) is 0 Å². The quantitative estimate of drug-likeness (QED) is 0.854. The first kappa shape index (κ1) is 15.6. The summed E-state index contributed by atoms with van der Waals surface area (Å²) in [6.07, 6.45) is 9.04. The summed E-state index contributed by atoms with van der Waals surface area (Å²) in [6, 6.07) is 3.64. The lowest BCUT2D eigenvalue weighted by atomic mass is 10.0. The van der Waals surface area contributed by atoms with Crippen LogP contribution >= 0.6 is 0 Å². The molecule has 0 atom stereocenters. The van der Waals surface area contributed by atoms with Crippen molar-refractivity contribution in [3.05, 3.63) is 18.6 Å². The standard InChI is InChI=1S/C19H28N6/c1-22-10-12-23(13-11-22)15-4-7-24(8-5-15)18-17-6-9-25(16-2-3-16)19(17)21-14-20-18/h6,9,14-16H,2-5,7-8,10-13H2,1H3. The largest absolute Gasteiger partial charge is 0.356 e. The van der Waals surface area contributed by atoms with E-state index in [0.29, 0.717) is 6.04 Å². The van der Waals surface area contributed by atoms with E-state index in [2.05, 4.69) is 48.5 Å². The van der Waals surface area contributed by atoms with Crippen molar-refractivity contribution in [1.29, 1.82) is 0 Å². The average molecular weight is 340 g/mol. The zero-order valence-electron chi connectivity index (χ0n) is 15.1. The number of nitrogens with zero attached hydrogens (tertiary/aromatic N) is 6. The Labute approximate surface area is 149 Å². The summed E-state index contributed by atoms with van der Waals surface area (Å²) in [7, 11) is 2.23. The van der Waals surface area contributed by atoms with Gasteiger partial charge < -0.3 is 14.4 Å². The Kier molecular flexibility index (Phi) is 3.90. The summed E-state index contributed by atoms with van der Waals surface area (Å²) >= 11 is 0. The van der Waals surface area contributed by atoms with Crippen LogP contribution in [0.4, 0.5) is 5.82 Å². The first-order valence-electron chi connectivity index (χ1n) is 9.79. The van der Waals surface area contributed by atoms with Crippen LogP contribution in [0.5, 0.6) is 0 Å². The number of piperazine rings is 1. The summed E-state index contributed by atoms with van der Waals surface area (Å²) in [4.78, 5) is 16.8. The third-order valence-electron chi connectivity index (χ3n) is 6.25. The second-order valence-corrected chi connectivity index (χ2v) is 7.95. The van der Waals surface area contributed by atoms with Gasteiger partial charge >= 0.3 is 0 Å². The molecule has 0 unspecified atom stereocenters. The molecular formula is C19H28N6. The molecule has 134 valence electrons. The summed E-state index contributed by atoms with van der Waals surface area (Å²) in [6.45, 7) is 7.09. The minimum atomic E-state index is 0.670. The van der Waals surface area contributed by atoms with Crippen molar-refractivity contribution in [1.82, 2.24) is 24.3 Å². The van der Waals surface area contributed by atoms with Gasteiger partial charge in [0.15, 0.2) is 0 Å². The van der Waals surface area contributed by atoms with Crippen molar-refractivity contribution in [3.8, 4) is 0 Å². The highest BCUT2D eigenvalue weighted by atomic mass is 15.3. The smallest absolute Gasteiger partial charge is 0.145 e. The Morgan fingerprint density at radius 2 is 1.64 bits per heavy atom. The molecule has 1 saturated carbocycles. The van der Waals surface area contributed by atoms with Gasteiger partial charge in [0, 0.05) is 57.5 Å². The van der Waals surface area contributed by atoms with E-state index in [1.807, 2.05) is 0 Å². The molecule has 0 spiro atoms. The van der Waals surface area contributed by atoms with E-state index in [9.17, 15) is 0 Å². The summed E-state index contributed by atoms with van der Waals surface area (Å²) in [5.41, 5.74) is 1.12. The second-order valence-electron chi connectivity index (χ2n) is 7.95. The van der Waals surface area contributed by atoms with E-state index in [-0.39, 0.29) is 0 Å². The molecule has 2 aliphatic heterocycles. The van der Waals surface area contributed by atoms with Gasteiger partial charge in [0.05, 0.1) is 5.39 Å². The van der Waals surface area contributed by atoms with Crippen LogP contribution in [0.2, 0.25) is 0 Å². The van der Waals surface area contributed by atoms with Crippen molar-refractivity contribution < 1.29 is 0 Å². The van der Waals surface area contributed by atoms with Crippen LogP contribution in [0.25, 0.3) is 11.0 Å². The molecule has 0 aromatic carbocycles. The van der Waals surface area contributed by atoms with E-state index < -0.39 is 0 Å². The number of aromatic nitrogens is 3. The van der Waals surface area contributed by atoms with Gasteiger partial charge in [0.25, 0.3) is 0 Å². The van der Waals surface area contributed by atoms with Crippen molar-refractivity contribution in [2.24, 2.45) is 0 Å². The molecule has 6 nitrogen and oxygen atoms in total. The zero-order valence-corrected chi connectivity index (χ0v) is 15.1. The van der Waals surface area contributed by atoms with Gasteiger partial charge in [-0.05, 0) is 38.8 Å². The molecule has 2 saturated heterocycles. The third kappa shape index (κ3) is 2.91. The Bertz CT molecular complexity index is 735. The van der Waals surface area contributed by atoms with E-state index in [1.54, 1.807) is 6.33 Å². The Morgan fingerprint density at radius 3 is 2.36 bits per heavy atom. The molecular weight excluding hydrogens is 312 g/mol. The topological polar surface area (TPSA) is 40.4 Å². The normalized spacial score (nSPS) is 24.3. The summed E-state index contributed by atoms with van der Waals surface area (Å²) in [5, 5.41) is 1.23. The van der Waals surface area contributed by atoms with Crippen LogP contribution < -0.4 is 4.90 Å². The number of piperidine rings is 1. The average Bonchev–Trinajstić information content (AvgIpc) is 3.41. The number of anilines is 1. The molecule has 0 bridgehead atoms. The lowest BCUT2D eigenvalue weighted by Crippen LogP contribution is -2.52. The predicted octanol–water partition coefficient (Wildman–Crippen LogP) is 1.98. The van der Waals surface area contributed by atoms with Gasteiger partial charge in [0.1, 0.15) is 17.8 Å². The molecule has 5 rings (SSSR count). The van der Waals surface area contributed by atoms with Crippen molar-refractivity contribution in [3.63, 3.8) is 0 Å². The summed E-state index contributed by atoms with van der Waals surface area (Å²) < 4.78 is 2.34. The van der Waals surface area contributed by atoms with Gasteiger partial charge in [-0.2, -0.15) is 0 Å². The van der Waals surface area contributed by atoms with E-state index in [4.69, 9.17) is 0 Å². The fourth-order valence-electron chi connectivity index (χ4n) is 4.49. The monoisotopic (exact) mass is 340 g/mol. The summed E-state index contributed by atoms with van der Waals surface area (Å²) in [5.74, 6) is 1.14. The minimum Gasteiger partial charge on any atom is -0.356 e. The van der Waals surface area contributed by atoms with Gasteiger partial charge in [0.2, 0.25) is 0 Å². The lowest BCUT2D eigenvalue weighted by Gasteiger charge is -2.42. The molecule has 2 aromatic heterocycles. The number of hydrogen-bond acceptors (Lipinski definition) is 5. The van der Waals surface area contributed by atoms with Crippen LogP contribution in [0.15, 0.2) is 18.6 Å². The number of rotatable bonds is 3. The van der Waals surface area contributed by atoms with Crippen molar-refractivity contribution in [2.45, 2.75) is 37.8 Å². The highest BCUT2D eigenvalue weighted by Crippen LogP contribution is 2.38. The fourth-order valence-corrected chi connectivity index (χ4v) is 4.49. The van der Waals surface area contributed by atoms with Crippen LogP contribution in [-0.4, -0.2) is 76.7 Å². The molecule has 6 heteroatoms. The lowest BCUT2D eigenvalue weighted by molar-refractivity contribution is 0.0981. The number of fused-ring (bicyclic) bond motifs is 1. The van der Waals surface area contributed by atoms with Gasteiger partial charge in [-0.25, -0.2) is 9.97 Å². The first-order chi connectivity index (χ1) is 12.3. The predicted molar refractivity (Wildman–Crippen MR) is 100 cm³/mol. The molecule has 4 heterocycles. The zero-order chi connectivity index (χ0) is 16.8. The first-order valence-corrected chi connectivity index (χ1v) is 9.79. The highest BCUT2D eigenvalue weighted by molar-refractivity contribution is 5.88. The fraction of sp³-hybridized carbons (Fsp3) is 0.684. The van der Waals surface area contributed by atoms with E-state index in [1.165, 1.54) is 57.2 Å². The Balaban J connectivity index is 1.30. The number of hydrogen-bond donors (Lipinski definition) is 0. The maximum atomic E-state index is 4.65. The third-order valence-corrected chi connectivity index (χ3v) is 6.25. The molecule has 1 aliphatic carbocycles. The number of likely N-dealkylation sites (N-methyl/N-ethyl adjacent to an activating group) is 1. The minimum absolute atomic E-state index is 0.670. The van der Waals surface area contributed by atoms with Crippen LogP contribution in [0, 0.1) is 0 Å². The van der Waals surface area contributed by atoms with Gasteiger partial charge in [-0.15, -0.1) is 0 Å². The van der Waals surface area contributed by atoms with E-state index >= 15 is 0 Å². The van der Waals surface area contributed by atoms with Crippen LogP contribution in [0.3, 0.4) is 0 Å². The van der Waals surface area contributed by atoms with Crippen LogP contribution in [-0.2, 0) is 0 Å². The maximum Gasteiger partial charge on any atom is 0.145 e. The van der Waals surface area contributed by atoms with Crippen LogP contribution in [0.1, 0.15) is 31.7 Å². The Morgan fingerprint density at radius 1 is 0.880 bits per heavy atom.